The van der Waals surface area contributed by atoms with E-state index in [-0.39, 0.29) is 0 Å². The molecule has 0 unspecified atom stereocenters. The molecule has 0 atom stereocenters. The second-order valence-electron chi connectivity index (χ2n) is 6.56. The number of methoxy groups -OCH3 is 1. The SMILES string of the molecule is COc1ccc(-c2nc3c(nc(C)c4ccc(-c5ccccc5)nc43)o2)cc1. The van der Waals surface area contributed by atoms with Crippen LogP contribution in [0.4, 0.5) is 0 Å². The van der Waals surface area contributed by atoms with Crippen LogP contribution in [0.15, 0.2) is 71.1 Å². The molecule has 3 heterocycles. The van der Waals surface area contributed by atoms with E-state index in [1.54, 1.807) is 7.11 Å². The van der Waals surface area contributed by atoms with Gasteiger partial charge in [-0.05, 0) is 43.3 Å². The summed E-state index contributed by atoms with van der Waals surface area (Å²) in [5.74, 6) is 1.30. The van der Waals surface area contributed by atoms with Crippen LogP contribution >= 0.6 is 0 Å². The van der Waals surface area contributed by atoms with Gasteiger partial charge in [-0.3, -0.25) is 0 Å². The molecule has 5 nitrogen and oxygen atoms in total. The Balaban J connectivity index is 1.71. The van der Waals surface area contributed by atoms with Crippen molar-refractivity contribution in [3.05, 3.63) is 72.4 Å². The van der Waals surface area contributed by atoms with Crippen molar-refractivity contribution in [2.24, 2.45) is 0 Å². The number of rotatable bonds is 3. The largest absolute Gasteiger partial charge is 0.497 e. The summed E-state index contributed by atoms with van der Waals surface area (Å²) < 4.78 is 11.2. The molecular weight excluding hydrogens is 350 g/mol. The Bertz CT molecular complexity index is 1290. The number of aromatic nitrogens is 3. The molecule has 0 saturated heterocycles. The van der Waals surface area contributed by atoms with Gasteiger partial charge in [-0.2, -0.15) is 0 Å². The molecular formula is C23H17N3O2. The zero-order valence-corrected chi connectivity index (χ0v) is 15.5. The van der Waals surface area contributed by atoms with Gasteiger partial charge in [-0.1, -0.05) is 30.3 Å². The Kier molecular flexibility index (Phi) is 3.79. The van der Waals surface area contributed by atoms with Crippen molar-refractivity contribution in [1.82, 2.24) is 15.0 Å². The molecule has 28 heavy (non-hydrogen) atoms. The first-order chi connectivity index (χ1) is 13.7. The number of nitrogens with zero attached hydrogens (tertiary/aromatic N) is 3. The fraction of sp³-hybridized carbons (Fsp3) is 0.0870. The van der Waals surface area contributed by atoms with Crippen molar-refractivity contribution < 1.29 is 9.15 Å². The number of hydrogen-bond acceptors (Lipinski definition) is 5. The minimum absolute atomic E-state index is 0.494. The summed E-state index contributed by atoms with van der Waals surface area (Å²) in [4.78, 5) is 14.2. The van der Waals surface area contributed by atoms with Gasteiger partial charge in [0, 0.05) is 16.5 Å². The fourth-order valence-corrected chi connectivity index (χ4v) is 3.31. The molecule has 136 valence electrons. The molecule has 5 aromatic rings. The molecule has 0 aliphatic carbocycles. The van der Waals surface area contributed by atoms with Crippen LogP contribution in [-0.2, 0) is 0 Å². The first kappa shape index (κ1) is 16.4. The van der Waals surface area contributed by atoms with E-state index < -0.39 is 0 Å². The Labute approximate surface area is 161 Å². The highest BCUT2D eigenvalue weighted by atomic mass is 16.5. The highest BCUT2D eigenvalue weighted by Gasteiger charge is 2.16. The summed E-state index contributed by atoms with van der Waals surface area (Å²) in [5.41, 5.74) is 5.65. The van der Waals surface area contributed by atoms with Crippen molar-refractivity contribution >= 4 is 22.1 Å². The minimum Gasteiger partial charge on any atom is -0.497 e. The number of aryl methyl sites for hydroxylation is 1. The Hall–Kier alpha value is -3.73. The summed E-state index contributed by atoms with van der Waals surface area (Å²) >= 11 is 0. The van der Waals surface area contributed by atoms with E-state index in [0.717, 1.165) is 39.2 Å². The first-order valence-electron chi connectivity index (χ1n) is 9.00. The van der Waals surface area contributed by atoms with Gasteiger partial charge in [0.05, 0.1) is 18.5 Å². The Morgan fingerprint density at radius 2 is 1.54 bits per heavy atom. The van der Waals surface area contributed by atoms with Crippen molar-refractivity contribution in [2.45, 2.75) is 6.92 Å². The molecule has 0 aliphatic rings. The van der Waals surface area contributed by atoms with E-state index in [1.165, 1.54) is 0 Å². The topological polar surface area (TPSA) is 61.0 Å². The number of pyridine rings is 2. The van der Waals surface area contributed by atoms with Gasteiger partial charge in [-0.25, -0.2) is 15.0 Å². The summed E-state index contributed by atoms with van der Waals surface area (Å²) in [6.07, 6.45) is 0. The van der Waals surface area contributed by atoms with Gasteiger partial charge >= 0.3 is 0 Å². The summed E-state index contributed by atoms with van der Waals surface area (Å²) in [6, 6.07) is 21.8. The number of hydrogen-bond donors (Lipinski definition) is 0. The molecule has 0 N–H and O–H groups in total. The first-order valence-corrected chi connectivity index (χ1v) is 9.00. The zero-order chi connectivity index (χ0) is 19.1. The second kappa shape index (κ2) is 6.46. The van der Waals surface area contributed by atoms with Gasteiger partial charge in [-0.15, -0.1) is 0 Å². The molecule has 3 aromatic heterocycles. The highest BCUT2D eigenvalue weighted by molar-refractivity contribution is 6.01. The molecule has 0 spiro atoms. The molecule has 0 amide bonds. The second-order valence-corrected chi connectivity index (χ2v) is 6.56. The standard InChI is InChI=1S/C23H17N3O2/c1-14-18-12-13-19(15-6-4-3-5-7-15)25-20(18)21-23(24-14)28-22(26-21)16-8-10-17(27-2)11-9-16/h3-13H,1-2H3. The third-order valence-electron chi connectivity index (χ3n) is 4.79. The van der Waals surface area contributed by atoms with E-state index in [1.807, 2.05) is 73.7 Å². The van der Waals surface area contributed by atoms with Crippen molar-refractivity contribution in [2.75, 3.05) is 7.11 Å². The maximum absolute atomic E-state index is 5.96. The maximum atomic E-state index is 5.96. The number of benzene rings is 2. The number of oxazole rings is 1. The van der Waals surface area contributed by atoms with E-state index in [0.29, 0.717) is 17.1 Å². The lowest BCUT2D eigenvalue weighted by Crippen LogP contribution is -1.91. The van der Waals surface area contributed by atoms with Crippen LogP contribution in [0.3, 0.4) is 0 Å². The lowest BCUT2D eigenvalue weighted by molar-refractivity contribution is 0.415. The molecule has 0 fully saturated rings. The van der Waals surface area contributed by atoms with Crippen LogP contribution < -0.4 is 4.74 Å². The van der Waals surface area contributed by atoms with Crippen LogP contribution in [0.2, 0.25) is 0 Å². The maximum Gasteiger partial charge on any atom is 0.249 e. The highest BCUT2D eigenvalue weighted by Crippen LogP contribution is 2.31. The lowest BCUT2D eigenvalue weighted by Gasteiger charge is -2.05. The molecule has 0 saturated carbocycles. The normalized spacial score (nSPS) is 11.2. The molecule has 5 heteroatoms. The average Bonchev–Trinajstić information content (AvgIpc) is 3.18. The van der Waals surface area contributed by atoms with Crippen LogP contribution in [-0.4, -0.2) is 22.1 Å². The van der Waals surface area contributed by atoms with Crippen LogP contribution in [0.1, 0.15) is 5.69 Å². The van der Waals surface area contributed by atoms with Crippen molar-refractivity contribution in [3.8, 4) is 28.5 Å². The van der Waals surface area contributed by atoms with Gasteiger partial charge in [0.2, 0.25) is 11.6 Å². The van der Waals surface area contributed by atoms with Gasteiger partial charge in [0.25, 0.3) is 0 Å². The van der Waals surface area contributed by atoms with E-state index in [9.17, 15) is 0 Å². The smallest absolute Gasteiger partial charge is 0.249 e. The molecule has 5 rings (SSSR count). The van der Waals surface area contributed by atoms with Gasteiger partial charge < -0.3 is 9.15 Å². The van der Waals surface area contributed by atoms with E-state index in [2.05, 4.69) is 4.98 Å². The monoisotopic (exact) mass is 367 g/mol. The molecule has 0 bridgehead atoms. The van der Waals surface area contributed by atoms with Gasteiger partial charge in [0.1, 0.15) is 11.3 Å². The fourth-order valence-electron chi connectivity index (χ4n) is 3.31. The van der Waals surface area contributed by atoms with Gasteiger partial charge in [0.15, 0.2) is 5.52 Å². The average molecular weight is 367 g/mol. The quantitative estimate of drug-likeness (QED) is 0.426. The molecule has 2 aromatic carbocycles. The number of ether oxygens (including phenoxy) is 1. The van der Waals surface area contributed by atoms with Crippen molar-refractivity contribution in [3.63, 3.8) is 0 Å². The minimum atomic E-state index is 0.494. The van der Waals surface area contributed by atoms with Crippen LogP contribution in [0.5, 0.6) is 5.75 Å². The van der Waals surface area contributed by atoms with Crippen LogP contribution in [0, 0.1) is 6.92 Å². The predicted octanol–water partition coefficient (Wildman–Crippen LogP) is 5.42. The molecule has 0 aliphatic heterocycles. The third-order valence-corrected chi connectivity index (χ3v) is 4.79. The summed E-state index contributed by atoms with van der Waals surface area (Å²) in [6.45, 7) is 1.96. The van der Waals surface area contributed by atoms with E-state index >= 15 is 0 Å². The van der Waals surface area contributed by atoms with E-state index in [4.69, 9.17) is 19.1 Å². The van der Waals surface area contributed by atoms with Crippen LogP contribution in [0.25, 0.3) is 44.8 Å². The summed E-state index contributed by atoms with van der Waals surface area (Å²) in [5, 5.41) is 0.974. The van der Waals surface area contributed by atoms with Crippen molar-refractivity contribution in [1.29, 1.82) is 0 Å². The molecule has 0 radical (unpaired) electrons. The third kappa shape index (κ3) is 2.68. The zero-order valence-electron chi connectivity index (χ0n) is 15.5. The Morgan fingerprint density at radius 3 is 2.29 bits per heavy atom. The summed E-state index contributed by atoms with van der Waals surface area (Å²) in [7, 11) is 1.64. The predicted molar refractivity (Wildman–Crippen MR) is 109 cm³/mol. The Morgan fingerprint density at radius 1 is 0.750 bits per heavy atom. The lowest BCUT2D eigenvalue weighted by atomic mass is 10.1. The number of fused-ring (bicyclic) bond motifs is 3.